The molecule has 0 radical (unpaired) electrons. The van der Waals surface area contributed by atoms with Crippen LogP contribution in [0.4, 0.5) is 0 Å². The van der Waals surface area contributed by atoms with Gasteiger partial charge in [-0.3, -0.25) is 0 Å². The molecule has 1 aromatic heterocycles. The van der Waals surface area contributed by atoms with Crippen molar-refractivity contribution >= 4 is 10.0 Å². The van der Waals surface area contributed by atoms with Crippen LogP contribution in [0.3, 0.4) is 0 Å². The van der Waals surface area contributed by atoms with Gasteiger partial charge in [0, 0.05) is 24.0 Å². The molecule has 17 heavy (non-hydrogen) atoms. The molecule has 96 valence electrons. The Morgan fingerprint density at radius 3 is 2.65 bits per heavy atom. The minimum absolute atomic E-state index is 0.256. The van der Waals surface area contributed by atoms with E-state index in [1.54, 1.807) is 6.07 Å². The zero-order valence-electron chi connectivity index (χ0n) is 10.2. The normalized spacial score (nSPS) is 17.4. The third kappa shape index (κ3) is 2.70. The second-order valence-electron chi connectivity index (χ2n) is 5.17. The Labute approximate surface area is 102 Å². The fourth-order valence-electron chi connectivity index (χ4n) is 1.99. The quantitative estimate of drug-likeness (QED) is 0.733. The largest absolute Gasteiger partial charge is 0.363 e. The summed E-state index contributed by atoms with van der Waals surface area (Å²) in [5.74, 6) is 0.449. The predicted octanol–water partition coefficient (Wildman–Crippen LogP) is 0.940. The lowest BCUT2D eigenvalue weighted by Gasteiger charge is -2.25. The molecule has 0 aliphatic heterocycles. The van der Waals surface area contributed by atoms with Gasteiger partial charge in [0.25, 0.3) is 0 Å². The number of nitrogens with one attached hydrogen (secondary N) is 2. The molecule has 6 heteroatoms. The van der Waals surface area contributed by atoms with Gasteiger partial charge in [0.2, 0.25) is 10.0 Å². The molecule has 1 saturated carbocycles. The number of rotatable bonds is 5. The van der Waals surface area contributed by atoms with Crippen molar-refractivity contribution in [2.24, 2.45) is 11.7 Å². The van der Waals surface area contributed by atoms with Gasteiger partial charge in [0.15, 0.2) is 0 Å². The zero-order valence-corrected chi connectivity index (χ0v) is 11.0. The average molecular weight is 257 g/mol. The smallest absolute Gasteiger partial charge is 0.242 e. The van der Waals surface area contributed by atoms with Crippen LogP contribution in [0.1, 0.15) is 32.4 Å². The molecule has 1 heterocycles. The van der Waals surface area contributed by atoms with Crippen LogP contribution in [0.5, 0.6) is 0 Å². The second kappa shape index (κ2) is 4.12. The molecule has 2 rings (SSSR count). The maximum absolute atomic E-state index is 12.1. The summed E-state index contributed by atoms with van der Waals surface area (Å²) in [5.41, 5.74) is 5.79. The highest BCUT2D eigenvalue weighted by molar-refractivity contribution is 7.89. The van der Waals surface area contributed by atoms with Crippen LogP contribution >= 0.6 is 0 Å². The van der Waals surface area contributed by atoms with E-state index in [4.69, 9.17) is 5.73 Å². The predicted molar refractivity (Wildman–Crippen MR) is 65.8 cm³/mol. The second-order valence-corrected chi connectivity index (χ2v) is 6.85. The fourth-order valence-corrected chi connectivity index (χ4v) is 3.47. The minimum Gasteiger partial charge on any atom is -0.363 e. The first-order chi connectivity index (χ1) is 7.85. The Morgan fingerprint density at radius 1 is 1.53 bits per heavy atom. The first-order valence-electron chi connectivity index (χ1n) is 5.76. The van der Waals surface area contributed by atoms with Gasteiger partial charge >= 0.3 is 0 Å². The van der Waals surface area contributed by atoms with E-state index in [2.05, 4.69) is 9.71 Å². The van der Waals surface area contributed by atoms with Gasteiger partial charge in [0.05, 0.1) is 4.90 Å². The van der Waals surface area contributed by atoms with Gasteiger partial charge in [-0.1, -0.05) is 0 Å². The summed E-state index contributed by atoms with van der Waals surface area (Å²) in [6.45, 7) is 4.17. The molecular weight excluding hydrogens is 238 g/mol. The zero-order chi connectivity index (χ0) is 12.7. The molecule has 0 atom stereocenters. The topological polar surface area (TPSA) is 88.0 Å². The van der Waals surface area contributed by atoms with E-state index in [0.717, 1.165) is 18.5 Å². The van der Waals surface area contributed by atoms with E-state index in [1.165, 1.54) is 6.20 Å². The molecule has 0 unspecified atom stereocenters. The van der Waals surface area contributed by atoms with Crippen LogP contribution in [0.2, 0.25) is 0 Å². The highest BCUT2D eigenvalue weighted by Crippen LogP contribution is 2.39. The number of hydrogen-bond acceptors (Lipinski definition) is 3. The lowest BCUT2D eigenvalue weighted by Crippen LogP contribution is -2.44. The third-order valence-corrected chi connectivity index (χ3v) is 4.89. The molecule has 5 nitrogen and oxygen atoms in total. The lowest BCUT2D eigenvalue weighted by atomic mass is 10.0. The molecule has 1 aliphatic rings. The van der Waals surface area contributed by atoms with Crippen LogP contribution < -0.4 is 10.5 Å². The maximum Gasteiger partial charge on any atom is 0.242 e. The number of aromatic amines is 1. The highest BCUT2D eigenvalue weighted by atomic mass is 32.2. The van der Waals surface area contributed by atoms with Crippen molar-refractivity contribution in [3.05, 3.63) is 18.0 Å². The Kier molecular flexibility index (Phi) is 3.05. The van der Waals surface area contributed by atoms with Crippen LogP contribution in [0.15, 0.2) is 17.2 Å². The van der Waals surface area contributed by atoms with Gasteiger partial charge in [-0.05, 0) is 38.7 Å². The molecule has 0 bridgehead atoms. The van der Waals surface area contributed by atoms with Crippen LogP contribution in [0, 0.1) is 5.92 Å². The maximum atomic E-state index is 12.1. The van der Waals surface area contributed by atoms with Crippen molar-refractivity contribution in [2.75, 3.05) is 0 Å². The minimum atomic E-state index is -3.45. The Bertz CT molecular complexity index is 501. The van der Waals surface area contributed by atoms with E-state index in [9.17, 15) is 8.42 Å². The first kappa shape index (κ1) is 12.6. The summed E-state index contributed by atoms with van der Waals surface area (Å²) in [6, 6.07) is 1.57. The first-order valence-corrected chi connectivity index (χ1v) is 7.25. The standard InChI is InChI=1S/C11H19N3O2S/c1-11(2,8-3-4-8)14-17(15,16)10-5-9(6-12)13-7-10/h5,7-8,13-14H,3-4,6,12H2,1-2H3. The Morgan fingerprint density at radius 2 is 2.18 bits per heavy atom. The van der Waals surface area contributed by atoms with E-state index in [1.807, 2.05) is 13.8 Å². The molecule has 0 saturated heterocycles. The van der Waals surface area contributed by atoms with Crippen molar-refractivity contribution in [1.82, 2.24) is 9.71 Å². The molecule has 0 amide bonds. The Hall–Kier alpha value is -0.850. The van der Waals surface area contributed by atoms with Crippen LogP contribution in [-0.4, -0.2) is 18.9 Å². The number of sulfonamides is 1. The molecule has 1 fully saturated rings. The van der Waals surface area contributed by atoms with E-state index in [-0.39, 0.29) is 10.4 Å². The highest BCUT2D eigenvalue weighted by Gasteiger charge is 2.40. The van der Waals surface area contributed by atoms with E-state index in [0.29, 0.717) is 12.5 Å². The molecular formula is C11H19N3O2S. The van der Waals surface area contributed by atoms with Gasteiger partial charge in [-0.2, -0.15) is 0 Å². The number of aromatic nitrogens is 1. The third-order valence-electron chi connectivity index (χ3n) is 3.24. The van der Waals surface area contributed by atoms with Gasteiger partial charge < -0.3 is 10.7 Å². The van der Waals surface area contributed by atoms with Gasteiger partial charge in [-0.25, -0.2) is 13.1 Å². The van der Waals surface area contributed by atoms with Crippen LogP contribution in [0.25, 0.3) is 0 Å². The average Bonchev–Trinajstić information content (AvgIpc) is 2.95. The molecule has 0 aromatic carbocycles. The van der Waals surface area contributed by atoms with E-state index < -0.39 is 10.0 Å². The molecule has 4 N–H and O–H groups in total. The van der Waals surface area contributed by atoms with E-state index >= 15 is 0 Å². The number of nitrogens with two attached hydrogens (primary N) is 1. The molecule has 1 aromatic rings. The van der Waals surface area contributed by atoms with Crippen molar-refractivity contribution < 1.29 is 8.42 Å². The van der Waals surface area contributed by atoms with Crippen LogP contribution in [-0.2, 0) is 16.6 Å². The van der Waals surface area contributed by atoms with Crippen molar-refractivity contribution in [3.63, 3.8) is 0 Å². The van der Waals surface area contributed by atoms with Crippen molar-refractivity contribution in [3.8, 4) is 0 Å². The van der Waals surface area contributed by atoms with Gasteiger partial charge in [-0.15, -0.1) is 0 Å². The Balaban J connectivity index is 2.18. The fraction of sp³-hybridized carbons (Fsp3) is 0.636. The summed E-state index contributed by atoms with van der Waals surface area (Å²) < 4.78 is 27.0. The van der Waals surface area contributed by atoms with Crippen molar-refractivity contribution in [1.29, 1.82) is 0 Å². The molecule has 0 spiro atoms. The summed E-state index contributed by atoms with van der Waals surface area (Å²) in [5, 5.41) is 0. The summed E-state index contributed by atoms with van der Waals surface area (Å²) in [4.78, 5) is 3.10. The lowest BCUT2D eigenvalue weighted by molar-refractivity contribution is 0.400. The number of H-pyrrole nitrogens is 1. The monoisotopic (exact) mass is 257 g/mol. The summed E-state index contributed by atoms with van der Waals surface area (Å²) >= 11 is 0. The summed E-state index contributed by atoms with van der Waals surface area (Å²) in [6.07, 6.45) is 3.67. The summed E-state index contributed by atoms with van der Waals surface area (Å²) in [7, 11) is -3.45. The molecule has 1 aliphatic carbocycles. The van der Waals surface area contributed by atoms with Crippen molar-refractivity contribution in [2.45, 2.75) is 43.7 Å². The van der Waals surface area contributed by atoms with Gasteiger partial charge in [0.1, 0.15) is 0 Å². The SMILES string of the molecule is CC(C)(NS(=O)(=O)c1c[nH]c(CN)c1)C1CC1. The number of hydrogen-bond donors (Lipinski definition) is 3.